The number of rotatable bonds is 0. The van der Waals surface area contributed by atoms with Crippen molar-refractivity contribution in [1.82, 2.24) is 0 Å². The van der Waals surface area contributed by atoms with Gasteiger partial charge in [-0.05, 0) is 0 Å². The van der Waals surface area contributed by atoms with E-state index in [0.29, 0.717) is 0 Å². The van der Waals surface area contributed by atoms with E-state index in [1.54, 1.807) is 0 Å². The predicted octanol–water partition coefficient (Wildman–Crippen LogP) is 2.32. The second-order valence-electron chi connectivity index (χ2n) is 2.27. The maximum Gasteiger partial charge on any atom is -0.147 e. The standard InChI is InChI=1S/C8H9.2ClH.Ti/c1-7-4-3-5-8(2)6-7;;;/h3-5H,1-2H3;2*1H;. The predicted molar refractivity (Wildman–Crippen MR) is 50.0 cm³/mol. The fourth-order valence-corrected chi connectivity index (χ4v) is 1.07. The first-order valence-corrected chi connectivity index (χ1v) is 3.77. The summed E-state index contributed by atoms with van der Waals surface area (Å²) in [6.07, 6.45) is 0. The van der Waals surface area contributed by atoms with E-state index < -0.39 is 0 Å². The SMILES string of the molecule is Cc1cccc(C)[c]1[Ti].Cl.Cl. The summed E-state index contributed by atoms with van der Waals surface area (Å²) >= 11 is 2.16. The van der Waals surface area contributed by atoms with Crippen molar-refractivity contribution in [3.63, 3.8) is 0 Å². The van der Waals surface area contributed by atoms with Gasteiger partial charge in [0.25, 0.3) is 0 Å². The van der Waals surface area contributed by atoms with Gasteiger partial charge in [-0.15, -0.1) is 24.8 Å². The van der Waals surface area contributed by atoms with Crippen LogP contribution in [0.2, 0.25) is 0 Å². The van der Waals surface area contributed by atoms with Crippen LogP contribution >= 0.6 is 24.8 Å². The van der Waals surface area contributed by atoms with Gasteiger partial charge in [-0.3, -0.25) is 0 Å². The van der Waals surface area contributed by atoms with Gasteiger partial charge >= 0.3 is 67.5 Å². The molecule has 0 nitrogen and oxygen atoms in total. The molecule has 0 saturated heterocycles. The second kappa shape index (κ2) is 6.08. The van der Waals surface area contributed by atoms with Gasteiger partial charge in [0, 0.05) is 0 Å². The van der Waals surface area contributed by atoms with Gasteiger partial charge in [0.2, 0.25) is 0 Å². The van der Waals surface area contributed by atoms with Crippen molar-refractivity contribution in [3.05, 3.63) is 29.3 Å². The minimum atomic E-state index is 0. The Balaban J connectivity index is 0. The molecule has 0 amide bonds. The average Bonchev–Trinajstić information content (AvgIpc) is 1.83. The van der Waals surface area contributed by atoms with Gasteiger partial charge in [0.05, 0.1) is 0 Å². The molecule has 1 aromatic rings. The summed E-state index contributed by atoms with van der Waals surface area (Å²) in [6.45, 7) is 4.28. The van der Waals surface area contributed by atoms with Crippen LogP contribution in [-0.2, 0) is 20.4 Å². The fourth-order valence-electron chi connectivity index (χ4n) is 0.814. The van der Waals surface area contributed by atoms with Crippen molar-refractivity contribution in [2.45, 2.75) is 13.8 Å². The third-order valence-corrected chi connectivity index (χ3v) is 2.71. The Bertz CT molecular complexity index is 203. The third kappa shape index (κ3) is 3.62. The average molecular weight is 226 g/mol. The van der Waals surface area contributed by atoms with Crippen LogP contribution in [0, 0.1) is 13.8 Å². The number of hydrogen-bond acceptors (Lipinski definition) is 0. The molecular weight excluding hydrogens is 215 g/mol. The monoisotopic (exact) mass is 225 g/mol. The molecule has 0 fully saturated rings. The largest absolute Gasteiger partial charge is 0.147 e. The van der Waals surface area contributed by atoms with Crippen LogP contribution in [0.15, 0.2) is 18.2 Å². The molecule has 61 valence electrons. The van der Waals surface area contributed by atoms with Crippen LogP contribution in [0.4, 0.5) is 0 Å². The zero-order valence-electron chi connectivity index (χ0n) is 6.55. The van der Waals surface area contributed by atoms with Gasteiger partial charge in [-0.2, -0.15) is 0 Å². The molecule has 1 rings (SSSR count). The van der Waals surface area contributed by atoms with Crippen LogP contribution in [0.3, 0.4) is 0 Å². The molecule has 0 radical (unpaired) electrons. The molecule has 0 atom stereocenters. The summed E-state index contributed by atoms with van der Waals surface area (Å²) in [6, 6.07) is 6.38. The molecular formula is C8H11Cl2Ti. The van der Waals surface area contributed by atoms with Crippen LogP contribution in [0.5, 0.6) is 0 Å². The van der Waals surface area contributed by atoms with Crippen molar-refractivity contribution in [3.8, 4) is 0 Å². The number of halogens is 2. The van der Waals surface area contributed by atoms with Crippen molar-refractivity contribution in [2.75, 3.05) is 0 Å². The molecule has 1 aromatic carbocycles. The van der Waals surface area contributed by atoms with E-state index >= 15 is 0 Å². The van der Waals surface area contributed by atoms with Crippen LogP contribution in [0.1, 0.15) is 11.1 Å². The van der Waals surface area contributed by atoms with E-state index in [1.165, 1.54) is 15.0 Å². The van der Waals surface area contributed by atoms with E-state index in [9.17, 15) is 0 Å². The molecule has 0 aliphatic carbocycles. The quantitative estimate of drug-likeness (QED) is 0.595. The van der Waals surface area contributed by atoms with Gasteiger partial charge in [-0.25, -0.2) is 0 Å². The molecule has 0 heterocycles. The summed E-state index contributed by atoms with van der Waals surface area (Å²) in [7, 11) is 0. The van der Waals surface area contributed by atoms with Crippen molar-refractivity contribution in [2.24, 2.45) is 0 Å². The summed E-state index contributed by atoms with van der Waals surface area (Å²) in [5, 5.41) is 0. The van der Waals surface area contributed by atoms with E-state index in [2.05, 4.69) is 52.5 Å². The van der Waals surface area contributed by atoms with Gasteiger partial charge < -0.3 is 0 Å². The van der Waals surface area contributed by atoms with E-state index in [4.69, 9.17) is 0 Å². The van der Waals surface area contributed by atoms with Crippen molar-refractivity contribution < 1.29 is 20.4 Å². The Labute approximate surface area is 92.0 Å². The molecule has 0 bridgehead atoms. The fraction of sp³-hybridized carbons (Fsp3) is 0.250. The zero-order chi connectivity index (χ0) is 6.85. The van der Waals surface area contributed by atoms with Gasteiger partial charge in [0.15, 0.2) is 0 Å². The third-order valence-electron chi connectivity index (χ3n) is 1.48. The van der Waals surface area contributed by atoms with Crippen LogP contribution in [-0.4, -0.2) is 0 Å². The molecule has 11 heavy (non-hydrogen) atoms. The zero-order valence-corrected chi connectivity index (χ0v) is 9.74. The van der Waals surface area contributed by atoms with E-state index in [-0.39, 0.29) is 24.8 Å². The van der Waals surface area contributed by atoms with Crippen LogP contribution < -0.4 is 3.87 Å². The molecule has 0 aliphatic heterocycles. The number of hydrogen-bond donors (Lipinski definition) is 0. The minimum Gasteiger partial charge on any atom is -0.147 e. The van der Waals surface area contributed by atoms with Crippen molar-refractivity contribution >= 4 is 28.7 Å². The number of aryl methyl sites for hydroxylation is 2. The molecule has 0 aliphatic rings. The summed E-state index contributed by atoms with van der Waals surface area (Å²) < 4.78 is 1.41. The van der Waals surface area contributed by atoms with Crippen LogP contribution in [0.25, 0.3) is 0 Å². The molecule has 3 heteroatoms. The molecule has 0 unspecified atom stereocenters. The van der Waals surface area contributed by atoms with Crippen molar-refractivity contribution in [1.29, 1.82) is 0 Å². The smallest absolute Gasteiger partial charge is 0.147 e. The molecule has 0 saturated carbocycles. The topological polar surface area (TPSA) is 0 Å². The Morgan fingerprint density at radius 2 is 1.36 bits per heavy atom. The Morgan fingerprint density at radius 3 is 1.64 bits per heavy atom. The second-order valence-corrected chi connectivity index (χ2v) is 3.05. The summed E-state index contributed by atoms with van der Waals surface area (Å²) in [5.41, 5.74) is 2.77. The normalized spacial score (nSPS) is 7.73. The van der Waals surface area contributed by atoms with E-state index in [1.807, 2.05) is 0 Å². The van der Waals surface area contributed by atoms with E-state index in [0.717, 1.165) is 0 Å². The maximum atomic E-state index is 2.16. The first-order chi connectivity index (χ1) is 4.22. The van der Waals surface area contributed by atoms with Gasteiger partial charge in [0.1, 0.15) is 0 Å². The first-order valence-electron chi connectivity index (χ1n) is 2.99. The minimum absolute atomic E-state index is 0. The molecule has 0 spiro atoms. The summed E-state index contributed by atoms with van der Waals surface area (Å²) in [5.74, 6) is 0. The Hall–Kier alpha value is 0.514. The molecule has 0 N–H and O–H groups in total. The first kappa shape index (κ1) is 14.1. The van der Waals surface area contributed by atoms with Gasteiger partial charge in [-0.1, -0.05) is 0 Å². The maximum absolute atomic E-state index is 2.16. The Kier molecular flexibility index (Phi) is 7.77. The summed E-state index contributed by atoms with van der Waals surface area (Å²) in [4.78, 5) is 0. The molecule has 0 aromatic heterocycles. The Morgan fingerprint density at radius 1 is 1.00 bits per heavy atom. The number of benzene rings is 1.